The number of rotatable bonds is 2. The van der Waals surface area contributed by atoms with Crippen molar-refractivity contribution in [3.05, 3.63) is 16.0 Å². The van der Waals surface area contributed by atoms with Crippen molar-refractivity contribution in [1.29, 1.82) is 0 Å². The minimum atomic E-state index is -1.22. The third kappa shape index (κ3) is 1.07. The average Bonchev–Trinajstić information content (AvgIpc) is 2.29. The zero-order valence-electron chi connectivity index (χ0n) is 6.62. The van der Waals surface area contributed by atoms with Crippen LogP contribution in [0, 0.1) is 0 Å². The Kier molecular flexibility index (Phi) is 1.90. The van der Waals surface area contributed by atoms with Crippen LogP contribution in [0.1, 0.15) is 10.5 Å². The van der Waals surface area contributed by atoms with Crippen LogP contribution in [-0.2, 0) is 7.05 Å². The van der Waals surface area contributed by atoms with E-state index in [2.05, 4.69) is 9.84 Å². The van der Waals surface area contributed by atoms with Gasteiger partial charge in [-0.3, -0.25) is 14.6 Å². The van der Waals surface area contributed by atoms with Crippen LogP contribution in [0.5, 0.6) is 5.75 Å². The van der Waals surface area contributed by atoms with Crippen molar-refractivity contribution in [1.82, 2.24) is 9.78 Å². The lowest BCUT2D eigenvalue weighted by Crippen LogP contribution is -2.12. The fraction of sp³-hybridized carbons (Fsp3) is 0.333. The number of aryl methyl sites for hydroxylation is 1. The molecule has 0 amide bonds. The number of carbonyl (C=O) groups is 1. The van der Waals surface area contributed by atoms with Gasteiger partial charge in [-0.05, 0) is 0 Å². The van der Waals surface area contributed by atoms with Gasteiger partial charge in [0.1, 0.15) is 0 Å². The van der Waals surface area contributed by atoms with E-state index < -0.39 is 11.5 Å². The van der Waals surface area contributed by atoms with Crippen LogP contribution in [0.2, 0.25) is 0 Å². The molecule has 1 aromatic rings. The molecule has 0 aliphatic heterocycles. The average molecular weight is 172 g/mol. The van der Waals surface area contributed by atoms with E-state index in [0.29, 0.717) is 0 Å². The molecule has 0 saturated carbocycles. The van der Waals surface area contributed by atoms with Gasteiger partial charge in [-0.15, -0.1) is 0 Å². The second kappa shape index (κ2) is 2.72. The number of carboxylic acid groups (broad SMARTS) is 1. The van der Waals surface area contributed by atoms with Crippen molar-refractivity contribution in [2.24, 2.45) is 7.05 Å². The smallest absolute Gasteiger partial charge is 0.357 e. The molecule has 0 unspecified atom stereocenters. The van der Waals surface area contributed by atoms with E-state index in [1.807, 2.05) is 0 Å². The Balaban J connectivity index is 3.39. The Morgan fingerprint density at radius 2 is 2.25 bits per heavy atom. The third-order valence-corrected chi connectivity index (χ3v) is 1.42. The van der Waals surface area contributed by atoms with Crippen molar-refractivity contribution in [3.8, 4) is 5.75 Å². The fourth-order valence-electron chi connectivity index (χ4n) is 0.863. The predicted octanol–water partition coefficient (Wildman–Crippen LogP) is -0.580. The normalized spacial score (nSPS) is 9.83. The first-order valence-electron chi connectivity index (χ1n) is 3.14. The number of aromatic carboxylic acids is 1. The Labute approximate surface area is 67.4 Å². The van der Waals surface area contributed by atoms with Crippen LogP contribution >= 0.6 is 0 Å². The summed E-state index contributed by atoms with van der Waals surface area (Å²) in [4.78, 5) is 21.6. The van der Waals surface area contributed by atoms with Gasteiger partial charge in [-0.2, -0.15) is 0 Å². The highest BCUT2D eigenvalue weighted by Gasteiger charge is 2.18. The maximum atomic E-state index is 11.1. The number of ether oxygens (including phenoxy) is 1. The number of aromatic amines is 1. The predicted molar refractivity (Wildman–Crippen MR) is 39.5 cm³/mol. The molecule has 0 atom stereocenters. The van der Waals surface area contributed by atoms with Gasteiger partial charge in [0, 0.05) is 7.05 Å². The first-order valence-corrected chi connectivity index (χ1v) is 3.14. The molecule has 0 fully saturated rings. The molecule has 0 aliphatic rings. The van der Waals surface area contributed by atoms with Crippen molar-refractivity contribution >= 4 is 5.97 Å². The molecule has 0 saturated heterocycles. The minimum absolute atomic E-state index is 0.176. The van der Waals surface area contributed by atoms with Gasteiger partial charge < -0.3 is 9.84 Å². The van der Waals surface area contributed by atoms with E-state index in [9.17, 15) is 9.59 Å². The highest BCUT2D eigenvalue weighted by molar-refractivity contribution is 5.88. The van der Waals surface area contributed by atoms with Crippen LogP contribution in [0.3, 0.4) is 0 Å². The molecule has 1 aromatic heterocycles. The summed E-state index contributed by atoms with van der Waals surface area (Å²) in [5, 5.41) is 10.9. The molecule has 0 aromatic carbocycles. The second-order valence-corrected chi connectivity index (χ2v) is 2.19. The van der Waals surface area contributed by atoms with Crippen LogP contribution in [0.4, 0.5) is 0 Å². The topological polar surface area (TPSA) is 84.3 Å². The van der Waals surface area contributed by atoms with Crippen molar-refractivity contribution < 1.29 is 14.6 Å². The molecule has 1 heterocycles. The molecular weight excluding hydrogens is 164 g/mol. The Bertz CT molecular complexity index is 362. The first-order chi connectivity index (χ1) is 5.57. The summed E-state index contributed by atoms with van der Waals surface area (Å²) in [5.74, 6) is -1.39. The van der Waals surface area contributed by atoms with Gasteiger partial charge in [0.2, 0.25) is 5.75 Å². The van der Waals surface area contributed by atoms with Gasteiger partial charge in [-0.25, -0.2) is 4.79 Å². The lowest BCUT2D eigenvalue weighted by Gasteiger charge is -1.92. The number of hydrogen-bond acceptors (Lipinski definition) is 3. The molecule has 66 valence electrons. The maximum Gasteiger partial charge on any atom is 0.357 e. The molecule has 2 N–H and O–H groups in total. The Morgan fingerprint density at radius 3 is 2.58 bits per heavy atom. The molecule has 0 bridgehead atoms. The lowest BCUT2D eigenvalue weighted by atomic mass is 10.4. The zero-order chi connectivity index (χ0) is 9.30. The summed E-state index contributed by atoms with van der Waals surface area (Å²) in [7, 11) is 2.66. The van der Waals surface area contributed by atoms with Gasteiger partial charge >= 0.3 is 11.5 Å². The minimum Gasteiger partial charge on any atom is -0.489 e. The van der Waals surface area contributed by atoms with Crippen LogP contribution in [0.15, 0.2) is 4.79 Å². The van der Waals surface area contributed by atoms with Crippen molar-refractivity contribution in [2.75, 3.05) is 7.11 Å². The van der Waals surface area contributed by atoms with Crippen molar-refractivity contribution in [3.63, 3.8) is 0 Å². The number of methoxy groups -OCH3 is 1. The Morgan fingerprint density at radius 1 is 1.67 bits per heavy atom. The SMILES string of the molecule is COc1c(C(=O)O)[nH]n(C)c1=O. The van der Waals surface area contributed by atoms with E-state index in [1.54, 1.807) is 0 Å². The number of nitrogens with zero attached hydrogens (tertiary/aromatic N) is 1. The zero-order valence-corrected chi connectivity index (χ0v) is 6.62. The van der Waals surface area contributed by atoms with Crippen LogP contribution in [0.25, 0.3) is 0 Å². The largest absolute Gasteiger partial charge is 0.489 e. The Hall–Kier alpha value is -1.72. The van der Waals surface area contributed by atoms with E-state index in [4.69, 9.17) is 5.11 Å². The fourth-order valence-corrected chi connectivity index (χ4v) is 0.863. The van der Waals surface area contributed by atoms with E-state index >= 15 is 0 Å². The summed E-state index contributed by atoms with van der Waals surface area (Å²) in [6.45, 7) is 0. The lowest BCUT2D eigenvalue weighted by molar-refractivity contribution is 0.0686. The van der Waals surface area contributed by atoms with Gasteiger partial charge in [-0.1, -0.05) is 0 Å². The highest BCUT2D eigenvalue weighted by atomic mass is 16.5. The summed E-state index contributed by atoms with van der Waals surface area (Å²) >= 11 is 0. The highest BCUT2D eigenvalue weighted by Crippen LogP contribution is 2.08. The van der Waals surface area contributed by atoms with E-state index in [0.717, 1.165) is 4.68 Å². The molecular formula is C6H8N2O4. The third-order valence-electron chi connectivity index (χ3n) is 1.42. The molecule has 1 rings (SSSR count). The summed E-state index contributed by atoms with van der Waals surface area (Å²) in [6, 6.07) is 0. The second-order valence-electron chi connectivity index (χ2n) is 2.19. The monoisotopic (exact) mass is 172 g/mol. The van der Waals surface area contributed by atoms with E-state index in [1.165, 1.54) is 14.2 Å². The van der Waals surface area contributed by atoms with Crippen LogP contribution in [-0.4, -0.2) is 28.0 Å². The number of nitrogens with one attached hydrogen (secondary N) is 1. The summed E-state index contributed by atoms with van der Waals surface area (Å²) in [6.07, 6.45) is 0. The number of hydrogen-bond donors (Lipinski definition) is 2. The van der Waals surface area contributed by atoms with Gasteiger partial charge in [0.05, 0.1) is 7.11 Å². The quantitative estimate of drug-likeness (QED) is 0.625. The van der Waals surface area contributed by atoms with Crippen molar-refractivity contribution in [2.45, 2.75) is 0 Å². The van der Waals surface area contributed by atoms with Gasteiger partial charge in [0.15, 0.2) is 5.69 Å². The van der Waals surface area contributed by atoms with Gasteiger partial charge in [0.25, 0.3) is 0 Å². The first kappa shape index (κ1) is 8.38. The standard InChI is InChI=1S/C6H8N2O4/c1-8-5(9)4(12-2)3(7-8)6(10)11/h7H,1-2H3,(H,10,11). The summed E-state index contributed by atoms with van der Waals surface area (Å²) in [5.41, 5.74) is -0.722. The molecule has 0 aliphatic carbocycles. The molecule has 6 nitrogen and oxygen atoms in total. The molecule has 6 heteroatoms. The maximum absolute atomic E-state index is 11.1. The number of H-pyrrole nitrogens is 1. The van der Waals surface area contributed by atoms with E-state index in [-0.39, 0.29) is 11.4 Å². The molecule has 0 radical (unpaired) electrons. The molecule has 0 spiro atoms. The van der Waals surface area contributed by atoms with Crippen LogP contribution < -0.4 is 10.3 Å². The number of carboxylic acids is 1. The number of aromatic nitrogens is 2. The summed E-state index contributed by atoms with van der Waals surface area (Å²) < 4.78 is 5.66. The molecule has 12 heavy (non-hydrogen) atoms.